The van der Waals surface area contributed by atoms with Crippen molar-refractivity contribution in [3.63, 3.8) is 0 Å². The molecular weight excluding hydrogens is 312 g/mol. The maximum absolute atomic E-state index is 11.2. The molecule has 0 saturated carbocycles. The molecule has 1 fully saturated rings. The molecule has 0 amide bonds. The first-order valence-corrected chi connectivity index (χ1v) is 7.55. The maximum atomic E-state index is 11.2. The lowest BCUT2D eigenvalue weighted by Gasteiger charge is -2.30. The number of piperidine rings is 1. The van der Waals surface area contributed by atoms with Gasteiger partial charge in [0.05, 0.1) is 22.9 Å². The standard InChI is InChI=1S/C16H16N4O4/c21-14(22)10-3-5-17-13(8-10)12-4-6-18-16(19-12)20-7-1-2-11(9-20)15(23)24/h3-6,8,11H,1-2,7,9H2,(H,21,22)(H,23,24)/t11-/m1/s1. The van der Waals surface area contributed by atoms with Gasteiger partial charge in [0.2, 0.25) is 5.95 Å². The van der Waals surface area contributed by atoms with E-state index in [4.69, 9.17) is 5.11 Å². The normalized spacial score (nSPS) is 17.5. The zero-order valence-corrected chi connectivity index (χ0v) is 12.8. The van der Waals surface area contributed by atoms with Gasteiger partial charge in [0.15, 0.2) is 0 Å². The Balaban J connectivity index is 1.88. The molecule has 2 N–H and O–H groups in total. The second-order valence-corrected chi connectivity index (χ2v) is 5.60. The van der Waals surface area contributed by atoms with Gasteiger partial charge in [0.25, 0.3) is 0 Å². The molecule has 24 heavy (non-hydrogen) atoms. The van der Waals surface area contributed by atoms with Crippen LogP contribution in [0.3, 0.4) is 0 Å². The van der Waals surface area contributed by atoms with E-state index in [0.717, 1.165) is 6.42 Å². The van der Waals surface area contributed by atoms with E-state index in [-0.39, 0.29) is 5.56 Å². The number of pyridine rings is 1. The van der Waals surface area contributed by atoms with E-state index in [2.05, 4.69) is 15.0 Å². The Morgan fingerprint density at radius 3 is 2.67 bits per heavy atom. The molecule has 0 aliphatic carbocycles. The van der Waals surface area contributed by atoms with Gasteiger partial charge in [-0.05, 0) is 31.0 Å². The summed E-state index contributed by atoms with van der Waals surface area (Å²) in [4.78, 5) is 36.9. The minimum Gasteiger partial charge on any atom is -0.481 e. The fraction of sp³-hybridized carbons (Fsp3) is 0.312. The highest BCUT2D eigenvalue weighted by Gasteiger charge is 2.26. The van der Waals surface area contributed by atoms with Crippen LogP contribution in [0.25, 0.3) is 11.4 Å². The summed E-state index contributed by atoms with van der Waals surface area (Å²) in [5, 5.41) is 18.3. The summed E-state index contributed by atoms with van der Waals surface area (Å²) >= 11 is 0. The molecule has 3 heterocycles. The highest BCUT2D eigenvalue weighted by atomic mass is 16.4. The third-order valence-electron chi connectivity index (χ3n) is 3.97. The number of hydrogen-bond acceptors (Lipinski definition) is 6. The smallest absolute Gasteiger partial charge is 0.335 e. The largest absolute Gasteiger partial charge is 0.481 e. The van der Waals surface area contributed by atoms with E-state index in [0.29, 0.717) is 36.8 Å². The van der Waals surface area contributed by atoms with Crippen molar-refractivity contribution in [2.24, 2.45) is 5.92 Å². The summed E-state index contributed by atoms with van der Waals surface area (Å²) in [6, 6.07) is 4.51. The number of aromatic carboxylic acids is 1. The number of carboxylic acid groups (broad SMARTS) is 2. The van der Waals surface area contributed by atoms with Crippen molar-refractivity contribution in [2.75, 3.05) is 18.0 Å². The van der Waals surface area contributed by atoms with E-state index < -0.39 is 17.9 Å². The Morgan fingerprint density at radius 2 is 1.92 bits per heavy atom. The highest BCUT2D eigenvalue weighted by Crippen LogP contribution is 2.23. The Hall–Kier alpha value is -3.03. The van der Waals surface area contributed by atoms with Crippen LogP contribution in [-0.4, -0.2) is 50.2 Å². The van der Waals surface area contributed by atoms with Gasteiger partial charge >= 0.3 is 11.9 Å². The average molecular weight is 328 g/mol. The van der Waals surface area contributed by atoms with Gasteiger partial charge in [0.1, 0.15) is 0 Å². The van der Waals surface area contributed by atoms with Crippen LogP contribution in [0, 0.1) is 5.92 Å². The van der Waals surface area contributed by atoms with Crippen LogP contribution in [0.2, 0.25) is 0 Å². The molecular formula is C16H16N4O4. The van der Waals surface area contributed by atoms with Gasteiger partial charge in [-0.15, -0.1) is 0 Å². The molecule has 1 aliphatic heterocycles. The predicted octanol–water partition coefficient (Wildman–Crippen LogP) is 1.54. The van der Waals surface area contributed by atoms with E-state index in [1.807, 2.05) is 4.90 Å². The van der Waals surface area contributed by atoms with Crippen LogP contribution in [0.4, 0.5) is 5.95 Å². The number of nitrogens with zero attached hydrogens (tertiary/aromatic N) is 4. The molecule has 0 bridgehead atoms. The van der Waals surface area contributed by atoms with E-state index in [1.165, 1.54) is 18.3 Å². The third-order valence-corrected chi connectivity index (χ3v) is 3.97. The Morgan fingerprint density at radius 1 is 1.12 bits per heavy atom. The Labute approximate surface area is 137 Å². The molecule has 2 aromatic rings. The average Bonchev–Trinajstić information content (AvgIpc) is 2.62. The number of hydrogen-bond donors (Lipinski definition) is 2. The molecule has 2 aromatic heterocycles. The first kappa shape index (κ1) is 15.9. The lowest BCUT2D eigenvalue weighted by Crippen LogP contribution is -2.39. The van der Waals surface area contributed by atoms with Crippen LogP contribution in [0.15, 0.2) is 30.6 Å². The molecule has 8 heteroatoms. The summed E-state index contributed by atoms with van der Waals surface area (Å²) in [5.41, 5.74) is 1.06. The quantitative estimate of drug-likeness (QED) is 0.868. The predicted molar refractivity (Wildman–Crippen MR) is 84.8 cm³/mol. The molecule has 1 atom stereocenters. The van der Waals surface area contributed by atoms with Crippen molar-refractivity contribution >= 4 is 17.9 Å². The summed E-state index contributed by atoms with van der Waals surface area (Å²) in [6.45, 7) is 1.05. The fourth-order valence-corrected chi connectivity index (χ4v) is 2.71. The van der Waals surface area contributed by atoms with Crippen LogP contribution < -0.4 is 4.90 Å². The maximum Gasteiger partial charge on any atom is 0.335 e. The lowest BCUT2D eigenvalue weighted by atomic mass is 9.99. The Bertz CT molecular complexity index is 780. The molecule has 0 spiro atoms. The van der Waals surface area contributed by atoms with Gasteiger partial charge < -0.3 is 15.1 Å². The number of anilines is 1. The number of carboxylic acids is 2. The van der Waals surface area contributed by atoms with Crippen molar-refractivity contribution in [1.29, 1.82) is 0 Å². The van der Waals surface area contributed by atoms with E-state index in [9.17, 15) is 14.7 Å². The summed E-state index contributed by atoms with van der Waals surface area (Å²) < 4.78 is 0. The molecule has 8 nitrogen and oxygen atoms in total. The van der Waals surface area contributed by atoms with Crippen LogP contribution in [-0.2, 0) is 4.79 Å². The van der Waals surface area contributed by atoms with Gasteiger partial charge in [-0.2, -0.15) is 0 Å². The highest BCUT2D eigenvalue weighted by molar-refractivity contribution is 5.88. The molecule has 0 aromatic carbocycles. The minimum atomic E-state index is -1.03. The van der Waals surface area contributed by atoms with Crippen molar-refractivity contribution in [3.8, 4) is 11.4 Å². The Kier molecular flexibility index (Phi) is 4.37. The second kappa shape index (κ2) is 6.61. The summed E-state index contributed by atoms with van der Waals surface area (Å²) in [6.07, 6.45) is 4.39. The monoisotopic (exact) mass is 328 g/mol. The van der Waals surface area contributed by atoms with E-state index in [1.54, 1.807) is 12.3 Å². The number of rotatable bonds is 4. The van der Waals surface area contributed by atoms with Crippen LogP contribution in [0.5, 0.6) is 0 Å². The van der Waals surface area contributed by atoms with Gasteiger partial charge in [-0.1, -0.05) is 0 Å². The first-order valence-electron chi connectivity index (χ1n) is 7.55. The second-order valence-electron chi connectivity index (χ2n) is 5.60. The molecule has 1 saturated heterocycles. The lowest BCUT2D eigenvalue weighted by molar-refractivity contribution is -0.141. The van der Waals surface area contributed by atoms with E-state index >= 15 is 0 Å². The first-order chi connectivity index (χ1) is 11.5. The zero-order chi connectivity index (χ0) is 17.1. The molecule has 0 unspecified atom stereocenters. The van der Waals surface area contributed by atoms with Crippen molar-refractivity contribution in [2.45, 2.75) is 12.8 Å². The van der Waals surface area contributed by atoms with Crippen molar-refractivity contribution in [1.82, 2.24) is 15.0 Å². The van der Waals surface area contributed by atoms with Crippen molar-refractivity contribution < 1.29 is 19.8 Å². The molecule has 1 aliphatic rings. The van der Waals surface area contributed by atoms with Crippen molar-refractivity contribution in [3.05, 3.63) is 36.2 Å². The molecule has 0 radical (unpaired) electrons. The topological polar surface area (TPSA) is 117 Å². The van der Waals surface area contributed by atoms with Crippen LogP contribution >= 0.6 is 0 Å². The summed E-state index contributed by atoms with van der Waals surface area (Å²) in [5.74, 6) is -1.85. The number of aliphatic carboxylic acids is 1. The summed E-state index contributed by atoms with van der Waals surface area (Å²) in [7, 11) is 0. The number of aromatic nitrogens is 3. The molecule has 124 valence electrons. The number of carbonyl (C=O) groups is 2. The SMILES string of the molecule is O=C(O)c1ccnc(-c2ccnc(N3CCC[C@@H](C(=O)O)C3)n2)c1. The van der Waals surface area contributed by atoms with Crippen LogP contribution in [0.1, 0.15) is 23.2 Å². The minimum absolute atomic E-state index is 0.129. The third kappa shape index (κ3) is 3.32. The van der Waals surface area contributed by atoms with Gasteiger partial charge in [-0.3, -0.25) is 9.78 Å². The molecule has 3 rings (SSSR count). The fourth-order valence-electron chi connectivity index (χ4n) is 2.71. The zero-order valence-electron chi connectivity index (χ0n) is 12.8. The van der Waals surface area contributed by atoms with Gasteiger partial charge in [0, 0.05) is 25.5 Å². The van der Waals surface area contributed by atoms with Gasteiger partial charge in [-0.25, -0.2) is 14.8 Å².